The fourth-order valence-corrected chi connectivity index (χ4v) is 3.27. The first-order valence-corrected chi connectivity index (χ1v) is 7.81. The quantitative estimate of drug-likeness (QED) is 0.752. The predicted octanol–water partition coefficient (Wildman–Crippen LogP) is 2.84. The summed E-state index contributed by atoms with van der Waals surface area (Å²) in [6, 6.07) is 8.29. The number of nitrogens with one attached hydrogen (secondary N) is 1. The van der Waals surface area contributed by atoms with Crippen LogP contribution in [0.15, 0.2) is 30.5 Å². The third kappa shape index (κ3) is 2.29. The zero-order chi connectivity index (χ0) is 16.0. The van der Waals surface area contributed by atoms with Crippen molar-refractivity contribution in [2.75, 3.05) is 6.54 Å². The number of aryl methyl sites for hydroxylation is 1. The van der Waals surface area contributed by atoms with E-state index in [-0.39, 0.29) is 5.91 Å². The standard InChI is InChI=1S/C18H18N4O/c1-11-8-13-4-3-5-14(15(13)9-19-11)18-16-10-22(12(2)23)7-6-17(16)20-21-18/h3-5,8-9H,6-7,10H2,1-2H3,(H,20,21). The largest absolute Gasteiger partial charge is 0.338 e. The van der Waals surface area contributed by atoms with Crippen LogP contribution in [0, 0.1) is 6.92 Å². The molecule has 1 aromatic carbocycles. The van der Waals surface area contributed by atoms with Gasteiger partial charge in [0, 0.05) is 60.5 Å². The van der Waals surface area contributed by atoms with E-state index in [4.69, 9.17) is 0 Å². The first kappa shape index (κ1) is 13.9. The fourth-order valence-electron chi connectivity index (χ4n) is 3.27. The topological polar surface area (TPSA) is 61.9 Å². The SMILES string of the molecule is CC(=O)N1CCc2[nH]nc(-c3cccc4cc(C)ncc34)c2C1. The van der Waals surface area contributed by atoms with E-state index in [1.807, 2.05) is 24.1 Å². The van der Waals surface area contributed by atoms with Crippen LogP contribution in [0.5, 0.6) is 0 Å². The van der Waals surface area contributed by atoms with Gasteiger partial charge in [-0.2, -0.15) is 5.10 Å². The predicted molar refractivity (Wildman–Crippen MR) is 88.9 cm³/mol. The van der Waals surface area contributed by atoms with Gasteiger partial charge in [-0.25, -0.2) is 0 Å². The maximum Gasteiger partial charge on any atom is 0.219 e. The van der Waals surface area contributed by atoms with Crippen molar-refractivity contribution in [2.45, 2.75) is 26.8 Å². The Kier molecular flexibility index (Phi) is 3.15. The number of pyridine rings is 1. The summed E-state index contributed by atoms with van der Waals surface area (Å²) in [4.78, 5) is 18.0. The number of H-pyrrole nitrogens is 1. The highest BCUT2D eigenvalue weighted by Crippen LogP contribution is 2.33. The Morgan fingerprint density at radius 1 is 1.35 bits per heavy atom. The molecule has 0 fully saturated rings. The second kappa shape index (κ2) is 5.19. The van der Waals surface area contributed by atoms with Gasteiger partial charge in [0.15, 0.2) is 0 Å². The molecule has 0 saturated carbocycles. The Morgan fingerprint density at radius 3 is 3.04 bits per heavy atom. The van der Waals surface area contributed by atoms with Crippen LogP contribution in [0.1, 0.15) is 23.9 Å². The molecule has 2 aromatic heterocycles. The van der Waals surface area contributed by atoms with Crippen molar-refractivity contribution in [2.24, 2.45) is 0 Å². The number of hydrogen-bond acceptors (Lipinski definition) is 3. The molecule has 0 saturated heterocycles. The highest BCUT2D eigenvalue weighted by Gasteiger charge is 2.24. The highest BCUT2D eigenvalue weighted by atomic mass is 16.2. The lowest BCUT2D eigenvalue weighted by Crippen LogP contribution is -2.34. The van der Waals surface area contributed by atoms with Crippen LogP contribution >= 0.6 is 0 Å². The first-order chi connectivity index (χ1) is 11.1. The molecule has 1 N–H and O–H groups in total. The molecule has 23 heavy (non-hydrogen) atoms. The minimum absolute atomic E-state index is 0.109. The van der Waals surface area contributed by atoms with Crippen molar-refractivity contribution < 1.29 is 4.79 Å². The molecule has 0 spiro atoms. The molecule has 3 heterocycles. The summed E-state index contributed by atoms with van der Waals surface area (Å²) >= 11 is 0. The lowest BCUT2D eigenvalue weighted by atomic mass is 9.97. The van der Waals surface area contributed by atoms with Crippen LogP contribution in [0.3, 0.4) is 0 Å². The number of carbonyl (C=O) groups excluding carboxylic acids is 1. The van der Waals surface area contributed by atoms with E-state index in [0.717, 1.165) is 51.9 Å². The molecule has 1 aliphatic rings. The summed E-state index contributed by atoms with van der Waals surface area (Å²) in [7, 11) is 0. The minimum Gasteiger partial charge on any atom is -0.338 e. The van der Waals surface area contributed by atoms with Gasteiger partial charge in [0.05, 0.1) is 5.69 Å². The molecule has 0 unspecified atom stereocenters. The molecule has 0 atom stereocenters. The van der Waals surface area contributed by atoms with Crippen LogP contribution in [0.25, 0.3) is 22.0 Å². The maximum atomic E-state index is 11.7. The van der Waals surface area contributed by atoms with Crippen molar-refractivity contribution in [3.8, 4) is 11.3 Å². The smallest absolute Gasteiger partial charge is 0.219 e. The number of carbonyl (C=O) groups is 1. The Bertz CT molecular complexity index is 913. The number of rotatable bonds is 1. The van der Waals surface area contributed by atoms with Gasteiger partial charge in [-0.3, -0.25) is 14.9 Å². The number of aromatic nitrogens is 3. The average Bonchev–Trinajstić information content (AvgIpc) is 2.96. The van der Waals surface area contributed by atoms with Gasteiger partial charge in [0.25, 0.3) is 0 Å². The summed E-state index contributed by atoms with van der Waals surface area (Å²) in [6.45, 7) is 4.98. The summed E-state index contributed by atoms with van der Waals surface area (Å²) in [5.74, 6) is 0.109. The van der Waals surface area contributed by atoms with Crippen molar-refractivity contribution in [3.05, 3.63) is 47.4 Å². The van der Waals surface area contributed by atoms with Gasteiger partial charge < -0.3 is 4.90 Å². The molecule has 5 heteroatoms. The molecular formula is C18H18N4O. The van der Waals surface area contributed by atoms with Gasteiger partial charge in [-0.1, -0.05) is 18.2 Å². The van der Waals surface area contributed by atoms with Crippen molar-refractivity contribution in [3.63, 3.8) is 0 Å². The molecule has 4 rings (SSSR count). The Hall–Kier alpha value is -2.69. The van der Waals surface area contributed by atoms with E-state index in [9.17, 15) is 4.79 Å². The second-order valence-corrected chi connectivity index (χ2v) is 6.07. The first-order valence-electron chi connectivity index (χ1n) is 7.81. The number of hydrogen-bond donors (Lipinski definition) is 1. The summed E-state index contributed by atoms with van der Waals surface area (Å²) < 4.78 is 0. The second-order valence-electron chi connectivity index (χ2n) is 6.07. The van der Waals surface area contributed by atoms with E-state index in [2.05, 4.69) is 33.4 Å². The van der Waals surface area contributed by atoms with Crippen molar-refractivity contribution in [1.29, 1.82) is 0 Å². The molecule has 1 amide bonds. The number of amides is 1. The molecule has 3 aromatic rings. The Balaban J connectivity index is 1.87. The summed E-state index contributed by atoms with van der Waals surface area (Å²) in [5.41, 5.74) is 5.26. The van der Waals surface area contributed by atoms with Crippen LogP contribution in [-0.4, -0.2) is 32.5 Å². The van der Waals surface area contributed by atoms with Crippen molar-refractivity contribution >= 4 is 16.7 Å². The molecule has 5 nitrogen and oxygen atoms in total. The molecule has 0 aliphatic carbocycles. The number of benzene rings is 1. The van der Waals surface area contributed by atoms with Gasteiger partial charge in [0.1, 0.15) is 0 Å². The number of fused-ring (bicyclic) bond motifs is 2. The third-order valence-electron chi connectivity index (χ3n) is 4.54. The number of aromatic amines is 1. The minimum atomic E-state index is 0.109. The van der Waals surface area contributed by atoms with Gasteiger partial charge in [0.2, 0.25) is 5.91 Å². The van der Waals surface area contributed by atoms with Crippen molar-refractivity contribution in [1.82, 2.24) is 20.1 Å². The molecule has 1 aliphatic heterocycles. The van der Waals surface area contributed by atoms with E-state index in [1.165, 1.54) is 0 Å². The van der Waals surface area contributed by atoms with E-state index < -0.39 is 0 Å². The summed E-state index contributed by atoms with van der Waals surface area (Å²) in [6.07, 6.45) is 2.73. The fraction of sp³-hybridized carbons (Fsp3) is 0.278. The van der Waals surface area contributed by atoms with Gasteiger partial charge >= 0.3 is 0 Å². The lowest BCUT2D eigenvalue weighted by molar-refractivity contribution is -0.129. The van der Waals surface area contributed by atoms with Gasteiger partial charge in [-0.05, 0) is 18.4 Å². The monoisotopic (exact) mass is 306 g/mol. The van der Waals surface area contributed by atoms with Gasteiger partial charge in [-0.15, -0.1) is 0 Å². The zero-order valence-electron chi connectivity index (χ0n) is 13.3. The van der Waals surface area contributed by atoms with E-state index in [0.29, 0.717) is 6.54 Å². The van der Waals surface area contributed by atoms with Crippen LogP contribution < -0.4 is 0 Å². The van der Waals surface area contributed by atoms with E-state index in [1.54, 1.807) is 6.92 Å². The van der Waals surface area contributed by atoms with E-state index >= 15 is 0 Å². The third-order valence-corrected chi connectivity index (χ3v) is 4.54. The Labute approximate surface area is 134 Å². The maximum absolute atomic E-state index is 11.7. The van der Waals surface area contributed by atoms with Crippen LogP contribution in [0.2, 0.25) is 0 Å². The Morgan fingerprint density at radius 2 is 2.22 bits per heavy atom. The van der Waals surface area contributed by atoms with Crippen LogP contribution in [-0.2, 0) is 17.8 Å². The zero-order valence-corrected chi connectivity index (χ0v) is 13.3. The number of nitrogens with zero attached hydrogens (tertiary/aromatic N) is 3. The average molecular weight is 306 g/mol. The molecule has 0 bridgehead atoms. The molecular weight excluding hydrogens is 288 g/mol. The molecule has 0 radical (unpaired) electrons. The normalized spacial score (nSPS) is 14.1. The lowest BCUT2D eigenvalue weighted by Gasteiger charge is -2.26. The highest BCUT2D eigenvalue weighted by molar-refractivity contribution is 5.96. The molecule has 116 valence electrons. The summed E-state index contributed by atoms with van der Waals surface area (Å²) in [5, 5.41) is 9.94. The van der Waals surface area contributed by atoms with Crippen LogP contribution in [0.4, 0.5) is 0 Å².